The highest BCUT2D eigenvalue weighted by atomic mass is 16.5. The van der Waals surface area contributed by atoms with Crippen molar-refractivity contribution in [3.05, 3.63) is 77.4 Å². The Morgan fingerprint density at radius 2 is 1.70 bits per heavy atom. The fraction of sp³-hybridized carbons (Fsp3) is 0.217. The van der Waals surface area contributed by atoms with E-state index in [2.05, 4.69) is 34.8 Å². The Morgan fingerprint density at radius 3 is 2.44 bits per heavy atom. The normalized spacial score (nSPS) is 12.7. The highest BCUT2D eigenvalue weighted by molar-refractivity contribution is 6.02. The molecule has 0 aliphatic carbocycles. The van der Waals surface area contributed by atoms with Crippen molar-refractivity contribution >= 4 is 22.4 Å². The molecule has 0 aromatic heterocycles. The Hall–Kier alpha value is -3.14. The number of hydrogen-bond donors (Lipinski definition) is 1. The highest BCUT2D eigenvalue weighted by Gasteiger charge is 2.14. The molecule has 0 radical (unpaired) electrons. The van der Waals surface area contributed by atoms with Crippen LogP contribution < -0.4 is 10.2 Å². The van der Waals surface area contributed by atoms with Crippen molar-refractivity contribution < 1.29 is 9.53 Å². The lowest BCUT2D eigenvalue weighted by atomic mass is 10.0. The van der Waals surface area contributed by atoms with Gasteiger partial charge in [0.15, 0.2) is 6.10 Å². The lowest BCUT2D eigenvalue weighted by Gasteiger charge is -2.14. The minimum absolute atomic E-state index is 0.284. The molecule has 0 saturated carbocycles. The number of ether oxygens (including phenoxy) is 1. The van der Waals surface area contributed by atoms with Crippen LogP contribution in [-0.4, -0.2) is 17.7 Å². The van der Waals surface area contributed by atoms with Crippen molar-refractivity contribution in [1.82, 2.24) is 5.43 Å². The largest absolute Gasteiger partial charge is 0.481 e. The van der Waals surface area contributed by atoms with Crippen molar-refractivity contribution in [2.24, 2.45) is 5.10 Å². The summed E-state index contributed by atoms with van der Waals surface area (Å²) in [5, 5.41) is 6.55. The lowest BCUT2D eigenvalue weighted by Crippen LogP contribution is -2.34. The molecular weight excluding hydrogens is 336 g/mol. The van der Waals surface area contributed by atoms with Crippen LogP contribution in [0.15, 0.2) is 65.8 Å². The topological polar surface area (TPSA) is 50.7 Å². The number of hydrazone groups is 1. The summed E-state index contributed by atoms with van der Waals surface area (Å²) in [7, 11) is 0. The molecule has 3 aromatic carbocycles. The number of nitrogens with one attached hydrogen (secondary N) is 1. The number of rotatable bonds is 5. The van der Waals surface area contributed by atoms with E-state index in [-0.39, 0.29) is 5.91 Å². The number of aryl methyl sites for hydroxylation is 2. The molecule has 138 valence electrons. The Bertz CT molecular complexity index is 1010. The minimum atomic E-state index is -0.639. The van der Waals surface area contributed by atoms with Gasteiger partial charge in [0.25, 0.3) is 5.91 Å². The van der Waals surface area contributed by atoms with E-state index < -0.39 is 6.10 Å². The van der Waals surface area contributed by atoms with Gasteiger partial charge in [0.05, 0.1) is 5.71 Å². The SMILES string of the molecule is C/C(=N\NC(=O)C(C)Oc1ccc(C)c(C)c1)c1ccc2ccccc2c1. The molecule has 3 rings (SSSR count). The number of amides is 1. The first-order chi connectivity index (χ1) is 12.9. The van der Waals surface area contributed by atoms with Crippen LogP contribution in [0, 0.1) is 13.8 Å². The first kappa shape index (κ1) is 18.6. The van der Waals surface area contributed by atoms with Crippen molar-refractivity contribution in [2.75, 3.05) is 0 Å². The quantitative estimate of drug-likeness (QED) is 0.527. The Morgan fingerprint density at radius 1 is 0.963 bits per heavy atom. The van der Waals surface area contributed by atoms with Crippen molar-refractivity contribution in [3.8, 4) is 5.75 Å². The van der Waals surface area contributed by atoms with Gasteiger partial charge in [-0.2, -0.15) is 5.10 Å². The predicted octanol–water partition coefficient (Wildman–Crippen LogP) is 4.76. The summed E-state index contributed by atoms with van der Waals surface area (Å²) in [5.74, 6) is 0.393. The van der Waals surface area contributed by atoms with E-state index in [0.717, 1.165) is 22.2 Å². The highest BCUT2D eigenvalue weighted by Crippen LogP contribution is 2.18. The average Bonchev–Trinajstić information content (AvgIpc) is 2.68. The summed E-state index contributed by atoms with van der Waals surface area (Å²) in [6.07, 6.45) is -0.639. The maximum Gasteiger partial charge on any atom is 0.280 e. The molecule has 1 amide bonds. The summed E-state index contributed by atoms with van der Waals surface area (Å²) in [6.45, 7) is 7.65. The molecule has 0 aliphatic rings. The molecule has 4 nitrogen and oxygen atoms in total. The molecule has 3 aromatic rings. The van der Waals surface area contributed by atoms with E-state index in [1.54, 1.807) is 6.92 Å². The van der Waals surface area contributed by atoms with Crippen molar-refractivity contribution in [3.63, 3.8) is 0 Å². The summed E-state index contributed by atoms with van der Waals surface area (Å²) in [5.41, 5.74) is 6.63. The van der Waals surface area contributed by atoms with E-state index in [0.29, 0.717) is 5.75 Å². The van der Waals surface area contributed by atoms with Gasteiger partial charge < -0.3 is 4.74 Å². The molecule has 1 atom stereocenters. The second-order valence-electron chi connectivity index (χ2n) is 6.74. The monoisotopic (exact) mass is 360 g/mol. The third-order valence-electron chi connectivity index (χ3n) is 4.66. The van der Waals surface area contributed by atoms with Crippen LogP contribution >= 0.6 is 0 Å². The smallest absolute Gasteiger partial charge is 0.280 e. The van der Waals surface area contributed by atoms with Crippen LogP contribution in [0.4, 0.5) is 0 Å². The van der Waals surface area contributed by atoms with Gasteiger partial charge in [-0.1, -0.05) is 42.5 Å². The molecule has 0 bridgehead atoms. The van der Waals surface area contributed by atoms with Crippen molar-refractivity contribution in [2.45, 2.75) is 33.8 Å². The molecule has 1 N–H and O–H groups in total. The third-order valence-corrected chi connectivity index (χ3v) is 4.66. The summed E-state index contributed by atoms with van der Waals surface area (Å²) >= 11 is 0. The molecule has 0 fully saturated rings. The molecule has 0 saturated heterocycles. The first-order valence-electron chi connectivity index (χ1n) is 9.01. The van der Waals surface area contributed by atoms with Crippen LogP contribution in [0.25, 0.3) is 10.8 Å². The number of nitrogens with zero attached hydrogens (tertiary/aromatic N) is 1. The van der Waals surface area contributed by atoms with E-state index in [9.17, 15) is 4.79 Å². The Labute approximate surface area is 159 Å². The number of hydrogen-bond acceptors (Lipinski definition) is 3. The molecule has 0 spiro atoms. The summed E-state index contributed by atoms with van der Waals surface area (Å²) in [6, 6.07) is 20.1. The summed E-state index contributed by atoms with van der Waals surface area (Å²) in [4.78, 5) is 12.3. The maximum atomic E-state index is 12.3. The van der Waals surface area contributed by atoms with Gasteiger partial charge in [-0.25, -0.2) is 5.43 Å². The fourth-order valence-corrected chi connectivity index (χ4v) is 2.75. The summed E-state index contributed by atoms with van der Waals surface area (Å²) < 4.78 is 5.73. The number of benzene rings is 3. The zero-order chi connectivity index (χ0) is 19.4. The fourth-order valence-electron chi connectivity index (χ4n) is 2.75. The van der Waals surface area contributed by atoms with E-state index in [1.807, 2.05) is 57.2 Å². The molecule has 0 aliphatic heterocycles. The zero-order valence-corrected chi connectivity index (χ0v) is 16.1. The van der Waals surface area contributed by atoms with Crippen LogP contribution in [0.3, 0.4) is 0 Å². The lowest BCUT2D eigenvalue weighted by molar-refractivity contribution is -0.127. The van der Waals surface area contributed by atoms with Crippen LogP contribution in [0.5, 0.6) is 5.75 Å². The predicted molar refractivity (Wildman–Crippen MR) is 110 cm³/mol. The third kappa shape index (κ3) is 4.53. The van der Waals surface area contributed by atoms with Crippen LogP contribution in [0.2, 0.25) is 0 Å². The van der Waals surface area contributed by atoms with Gasteiger partial charge in [-0.3, -0.25) is 4.79 Å². The molecule has 27 heavy (non-hydrogen) atoms. The first-order valence-corrected chi connectivity index (χ1v) is 9.01. The standard InChI is InChI=1S/C23H24N2O2/c1-15-9-12-22(13-16(15)2)27-18(4)23(26)25-24-17(3)20-11-10-19-7-5-6-8-21(19)14-20/h5-14,18H,1-4H3,(H,25,26)/b24-17+. The van der Waals surface area contributed by atoms with Crippen molar-refractivity contribution in [1.29, 1.82) is 0 Å². The molecule has 0 heterocycles. The molecule has 1 unspecified atom stereocenters. The van der Waals surface area contributed by atoms with Crippen LogP contribution in [0.1, 0.15) is 30.5 Å². The van der Waals surface area contributed by atoms with Crippen LogP contribution in [-0.2, 0) is 4.79 Å². The number of carbonyl (C=O) groups is 1. The van der Waals surface area contributed by atoms with Gasteiger partial charge in [-0.05, 0) is 73.4 Å². The van der Waals surface area contributed by atoms with Gasteiger partial charge in [-0.15, -0.1) is 0 Å². The second kappa shape index (κ2) is 8.04. The average molecular weight is 360 g/mol. The Balaban J connectivity index is 1.65. The van der Waals surface area contributed by atoms with E-state index >= 15 is 0 Å². The Kier molecular flexibility index (Phi) is 5.55. The number of fused-ring (bicyclic) bond motifs is 1. The zero-order valence-electron chi connectivity index (χ0n) is 16.1. The minimum Gasteiger partial charge on any atom is -0.481 e. The van der Waals surface area contributed by atoms with E-state index in [4.69, 9.17) is 4.74 Å². The van der Waals surface area contributed by atoms with Gasteiger partial charge in [0, 0.05) is 0 Å². The molecule has 4 heteroatoms. The second-order valence-corrected chi connectivity index (χ2v) is 6.74. The van der Waals surface area contributed by atoms with E-state index in [1.165, 1.54) is 10.9 Å². The number of carbonyl (C=O) groups excluding carboxylic acids is 1. The van der Waals surface area contributed by atoms with Gasteiger partial charge in [0.1, 0.15) is 5.75 Å². The van der Waals surface area contributed by atoms with Gasteiger partial charge >= 0.3 is 0 Å². The maximum absolute atomic E-state index is 12.3. The van der Waals surface area contributed by atoms with Gasteiger partial charge in [0.2, 0.25) is 0 Å². The molecular formula is C23H24N2O2.